The SMILES string of the molecule is CC1(C)C(Nc2ccc(I)cc2)C2CCOC21. The molecule has 1 aromatic carbocycles. The van der Waals surface area contributed by atoms with Crippen LogP contribution in [0.5, 0.6) is 0 Å². The van der Waals surface area contributed by atoms with Crippen LogP contribution < -0.4 is 5.32 Å². The molecule has 3 unspecified atom stereocenters. The molecule has 3 heteroatoms. The molecule has 3 atom stereocenters. The number of anilines is 1. The molecule has 0 amide bonds. The predicted molar refractivity (Wildman–Crippen MR) is 78.2 cm³/mol. The van der Waals surface area contributed by atoms with Crippen molar-refractivity contribution in [3.63, 3.8) is 0 Å². The monoisotopic (exact) mass is 343 g/mol. The summed E-state index contributed by atoms with van der Waals surface area (Å²) in [6.07, 6.45) is 1.67. The summed E-state index contributed by atoms with van der Waals surface area (Å²) < 4.78 is 7.09. The van der Waals surface area contributed by atoms with Crippen molar-refractivity contribution in [2.75, 3.05) is 11.9 Å². The van der Waals surface area contributed by atoms with Gasteiger partial charge >= 0.3 is 0 Å². The van der Waals surface area contributed by atoms with E-state index in [9.17, 15) is 0 Å². The van der Waals surface area contributed by atoms with Crippen LogP contribution in [0.1, 0.15) is 20.3 Å². The van der Waals surface area contributed by atoms with E-state index in [4.69, 9.17) is 4.74 Å². The van der Waals surface area contributed by atoms with Crippen LogP contribution in [0.2, 0.25) is 0 Å². The molecule has 1 saturated carbocycles. The zero-order chi connectivity index (χ0) is 12.0. The summed E-state index contributed by atoms with van der Waals surface area (Å²) in [6.45, 7) is 5.55. The van der Waals surface area contributed by atoms with Crippen LogP contribution in [-0.2, 0) is 4.74 Å². The molecule has 1 aliphatic carbocycles. The smallest absolute Gasteiger partial charge is 0.0694 e. The van der Waals surface area contributed by atoms with Crippen molar-refractivity contribution in [1.82, 2.24) is 0 Å². The molecule has 1 saturated heterocycles. The molecule has 1 aromatic rings. The van der Waals surface area contributed by atoms with Gasteiger partial charge in [0, 0.05) is 33.2 Å². The Bertz CT molecular complexity index is 415. The molecule has 2 aliphatic rings. The molecule has 0 radical (unpaired) electrons. The third-order valence-electron chi connectivity index (χ3n) is 4.27. The number of hydrogen-bond acceptors (Lipinski definition) is 2. The van der Waals surface area contributed by atoms with E-state index in [0.717, 1.165) is 6.61 Å². The molecule has 92 valence electrons. The number of nitrogens with one attached hydrogen (secondary N) is 1. The normalized spacial score (nSPS) is 33.9. The van der Waals surface area contributed by atoms with E-state index in [0.29, 0.717) is 18.1 Å². The first-order valence-electron chi connectivity index (χ1n) is 6.23. The molecule has 2 fully saturated rings. The van der Waals surface area contributed by atoms with Gasteiger partial charge in [0.05, 0.1) is 6.10 Å². The maximum Gasteiger partial charge on any atom is 0.0694 e. The van der Waals surface area contributed by atoms with Crippen LogP contribution >= 0.6 is 22.6 Å². The molecular formula is C14H18INO. The molecule has 2 nitrogen and oxygen atoms in total. The highest BCUT2D eigenvalue weighted by Crippen LogP contribution is 2.53. The third kappa shape index (κ3) is 1.87. The molecule has 1 N–H and O–H groups in total. The van der Waals surface area contributed by atoms with Gasteiger partial charge in [0.2, 0.25) is 0 Å². The van der Waals surface area contributed by atoms with Crippen molar-refractivity contribution in [2.45, 2.75) is 32.4 Å². The van der Waals surface area contributed by atoms with Gasteiger partial charge in [-0.15, -0.1) is 0 Å². The largest absolute Gasteiger partial charge is 0.381 e. The van der Waals surface area contributed by atoms with Crippen molar-refractivity contribution < 1.29 is 4.74 Å². The molecule has 0 spiro atoms. The Morgan fingerprint density at radius 3 is 2.71 bits per heavy atom. The second kappa shape index (κ2) is 4.12. The van der Waals surface area contributed by atoms with Gasteiger partial charge < -0.3 is 10.1 Å². The Hall–Kier alpha value is -0.290. The summed E-state index contributed by atoms with van der Waals surface area (Å²) in [6, 6.07) is 9.19. The van der Waals surface area contributed by atoms with E-state index in [1.807, 2.05) is 0 Å². The van der Waals surface area contributed by atoms with E-state index in [1.165, 1.54) is 15.7 Å². The van der Waals surface area contributed by atoms with E-state index < -0.39 is 0 Å². The van der Waals surface area contributed by atoms with Crippen LogP contribution in [0, 0.1) is 14.9 Å². The van der Waals surface area contributed by atoms with Crippen molar-refractivity contribution in [3.05, 3.63) is 27.8 Å². The van der Waals surface area contributed by atoms with Crippen molar-refractivity contribution in [1.29, 1.82) is 0 Å². The Labute approximate surface area is 116 Å². The summed E-state index contributed by atoms with van der Waals surface area (Å²) >= 11 is 2.34. The van der Waals surface area contributed by atoms with Crippen LogP contribution in [0.25, 0.3) is 0 Å². The molecule has 3 rings (SSSR count). The minimum Gasteiger partial charge on any atom is -0.381 e. The lowest BCUT2D eigenvalue weighted by Gasteiger charge is -2.55. The van der Waals surface area contributed by atoms with Crippen molar-refractivity contribution >= 4 is 28.3 Å². The summed E-state index contributed by atoms with van der Waals surface area (Å²) in [5, 5.41) is 3.68. The third-order valence-corrected chi connectivity index (χ3v) is 4.99. The Morgan fingerprint density at radius 2 is 2.00 bits per heavy atom. The van der Waals surface area contributed by atoms with Gasteiger partial charge in [0.25, 0.3) is 0 Å². The fourth-order valence-corrected chi connectivity index (χ4v) is 3.70. The lowest BCUT2D eigenvalue weighted by atomic mass is 9.57. The van der Waals surface area contributed by atoms with Crippen LogP contribution in [0.3, 0.4) is 0 Å². The second-order valence-electron chi connectivity index (χ2n) is 5.69. The number of hydrogen-bond donors (Lipinski definition) is 1. The topological polar surface area (TPSA) is 21.3 Å². The predicted octanol–water partition coefficient (Wildman–Crippen LogP) is 3.52. The number of fused-ring (bicyclic) bond motifs is 1. The minimum absolute atomic E-state index is 0.254. The zero-order valence-electron chi connectivity index (χ0n) is 10.2. The van der Waals surface area contributed by atoms with Crippen LogP contribution in [0.15, 0.2) is 24.3 Å². The molecule has 1 heterocycles. The fourth-order valence-electron chi connectivity index (χ4n) is 3.34. The Kier molecular flexibility index (Phi) is 2.86. The molecule has 17 heavy (non-hydrogen) atoms. The molecule has 0 aromatic heterocycles. The van der Waals surface area contributed by atoms with Gasteiger partial charge in [0.15, 0.2) is 0 Å². The average Bonchev–Trinajstić information content (AvgIpc) is 2.75. The number of rotatable bonds is 2. The summed E-state index contributed by atoms with van der Waals surface area (Å²) in [5.41, 5.74) is 1.48. The van der Waals surface area contributed by atoms with Gasteiger partial charge in [-0.25, -0.2) is 0 Å². The second-order valence-corrected chi connectivity index (χ2v) is 6.94. The lowest BCUT2D eigenvalue weighted by Crippen LogP contribution is -2.63. The summed E-state index contributed by atoms with van der Waals surface area (Å²) in [5.74, 6) is 0.698. The van der Waals surface area contributed by atoms with Gasteiger partial charge in [0.1, 0.15) is 0 Å². The maximum atomic E-state index is 5.81. The van der Waals surface area contributed by atoms with E-state index in [2.05, 4.69) is 66.0 Å². The fraction of sp³-hybridized carbons (Fsp3) is 0.571. The van der Waals surface area contributed by atoms with Gasteiger partial charge in [-0.1, -0.05) is 13.8 Å². The number of ether oxygens (including phenoxy) is 1. The lowest BCUT2D eigenvalue weighted by molar-refractivity contribution is -0.0923. The summed E-state index contributed by atoms with van der Waals surface area (Å²) in [4.78, 5) is 0. The van der Waals surface area contributed by atoms with Crippen molar-refractivity contribution in [2.24, 2.45) is 11.3 Å². The highest BCUT2D eigenvalue weighted by molar-refractivity contribution is 14.1. The summed E-state index contributed by atoms with van der Waals surface area (Å²) in [7, 11) is 0. The first-order chi connectivity index (χ1) is 8.09. The van der Waals surface area contributed by atoms with E-state index >= 15 is 0 Å². The first kappa shape index (κ1) is 11.8. The first-order valence-corrected chi connectivity index (χ1v) is 7.30. The Balaban J connectivity index is 1.75. The van der Waals surface area contributed by atoms with Gasteiger partial charge in [-0.05, 0) is 53.3 Å². The average molecular weight is 343 g/mol. The Morgan fingerprint density at radius 1 is 1.29 bits per heavy atom. The zero-order valence-corrected chi connectivity index (χ0v) is 12.4. The molecule has 1 aliphatic heterocycles. The highest BCUT2D eigenvalue weighted by atomic mass is 127. The van der Waals surface area contributed by atoms with E-state index in [1.54, 1.807) is 0 Å². The minimum atomic E-state index is 0.254. The molecular weight excluding hydrogens is 325 g/mol. The van der Waals surface area contributed by atoms with Gasteiger partial charge in [-0.3, -0.25) is 0 Å². The van der Waals surface area contributed by atoms with Gasteiger partial charge in [-0.2, -0.15) is 0 Å². The number of halogens is 1. The highest BCUT2D eigenvalue weighted by Gasteiger charge is 2.59. The standard InChI is InChI=1S/C14H18INO/c1-14(2)12(11-7-8-17-13(11)14)16-10-5-3-9(15)4-6-10/h3-6,11-13,16H,7-8H2,1-2H3. The number of benzene rings is 1. The van der Waals surface area contributed by atoms with Crippen LogP contribution in [0.4, 0.5) is 5.69 Å². The quantitative estimate of drug-likeness (QED) is 0.830. The van der Waals surface area contributed by atoms with Crippen LogP contribution in [-0.4, -0.2) is 18.8 Å². The van der Waals surface area contributed by atoms with Crippen molar-refractivity contribution in [3.8, 4) is 0 Å². The molecule has 0 bridgehead atoms. The maximum absolute atomic E-state index is 5.81. The van der Waals surface area contributed by atoms with E-state index in [-0.39, 0.29) is 5.41 Å².